The van der Waals surface area contributed by atoms with E-state index in [4.69, 9.17) is 5.73 Å². The van der Waals surface area contributed by atoms with Gasteiger partial charge in [0.2, 0.25) is 5.91 Å². The van der Waals surface area contributed by atoms with Gasteiger partial charge in [-0.05, 0) is 69.6 Å². The van der Waals surface area contributed by atoms with Crippen molar-refractivity contribution >= 4 is 15.7 Å². The maximum absolute atomic E-state index is 13.3. The zero-order valence-corrected chi connectivity index (χ0v) is 19.5. The number of nitrogens with zero attached hydrogens (tertiary/aromatic N) is 1. The number of likely N-dealkylation sites (tertiary alicyclic amines) is 1. The fourth-order valence-corrected chi connectivity index (χ4v) is 6.89. The molecule has 1 atom stereocenters. The van der Waals surface area contributed by atoms with E-state index in [9.17, 15) is 26.4 Å². The van der Waals surface area contributed by atoms with Crippen molar-refractivity contribution in [1.82, 2.24) is 4.90 Å². The molecule has 1 aliphatic heterocycles. The number of hydrogen-bond donors (Lipinski definition) is 1. The van der Waals surface area contributed by atoms with E-state index in [-0.39, 0.29) is 22.6 Å². The summed E-state index contributed by atoms with van der Waals surface area (Å²) in [6, 6.07) is 3.40. The second kappa shape index (κ2) is 9.33. The predicted octanol–water partition coefficient (Wildman–Crippen LogP) is 4.40. The quantitative estimate of drug-likeness (QED) is 0.686. The van der Waals surface area contributed by atoms with Gasteiger partial charge in [-0.1, -0.05) is 25.3 Å². The molecule has 2 N–H and O–H groups in total. The molecule has 0 spiro atoms. The van der Waals surface area contributed by atoms with E-state index in [1.807, 2.05) is 0 Å². The fraction of sp³-hybridized carbons (Fsp3) is 0.696. The Bertz CT molecular complexity index is 917. The van der Waals surface area contributed by atoms with Crippen LogP contribution in [0.3, 0.4) is 0 Å². The van der Waals surface area contributed by atoms with Gasteiger partial charge in [-0.2, -0.15) is 13.2 Å². The van der Waals surface area contributed by atoms with Gasteiger partial charge in [-0.15, -0.1) is 0 Å². The van der Waals surface area contributed by atoms with Crippen LogP contribution < -0.4 is 5.73 Å². The Morgan fingerprint density at radius 2 is 1.66 bits per heavy atom. The Morgan fingerprint density at radius 1 is 1.06 bits per heavy atom. The summed E-state index contributed by atoms with van der Waals surface area (Å²) >= 11 is 0. The molecular weight excluding hydrogens is 441 g/mol. The van der Waals surface area contributed by atoms with Crippen LogP contribution in [0.1, 0.15) is 64.4 Å². The summed E-state index contributed by atoms with van der Waals surface area (Å²) < 4.78 is 64.6. The van der Waals surface area contributed by atoms with Gasteiger partial charge in [0.25, 0.3) is 0 Å². The van der Waals surface area contributed by atoms with Gasteiger partial charge in [-0.25, -0.2) is 8.42 Å². The van der Waals surface area contributed by atoms with E-state index in [0.29, 0.717) is 32.0 Å². The molecule has 3 rings (SSSR count). The molecule has 1 aliphatic carbocycles. The van der Waals surface area contributed by atoms with Crippen molar-refractivity contribution in [3.63, 3.8) is 0 Å². The lowest BCUT2D eigenvalue weighted by Gasteiger charge is -2.41. The minimum atomic E-state index is -4.61. The molecule has 1 unspecified atom stereocenters. The summed E-state index contributed by atoms with van der Waals surface area (Å²) in [6.07, 6.45) is 1.61. The number of amides is 1. The lowest BCUT2D eigenvalue weighted by atomic mass is 9.82. The molecule has 2 fully saturated rings. The number of benzene rings is 1. The number of hydrogen-bond acceptors (Lipinski definition) is 4. The molecule has 9 heteroatoms. The molecule has 5 nitrogen and oxygen atoms in total. The Labute approximate surface area is 188 Å². The number of nitrogens with two attached hydrogens (primary N) is 1. The first kappa shape index (κ1) is 25.0. The first-order valence-corrected chi connectivity index (χ1v) is 12.8. The van der Waals surface area contributed by atoms with Gasteiger partial charge in [-0.3, -0.25) is 4.79 Å². The number of rotatable bonds is 5. The van der Waals surface area contributed by atoms with E-state index < -0.39 is 32.4 Å². The van der Waals surface area contributed by atoms with Crippen molar-refractivity contribution in [1.29, 1.82) is 0 Å². The third-order valence-corrected chi connectivity index (χ3v) is 9.99. The van der Waals surface area contributed by atoms with Gasteiger partial charge in [0.1, 0.15) is 0 Å². The van der Waals surface area contributed by atoms with E-state index in [2.05, 4.69) is 0 Å². The first-order chi connectivity index (χ1) is 14.9. The number of sulfone groups is 1. The maximum Gasteiger partial charge on any atom is 0.416 e. The molecular formula is C23H33F3N2O3S. The van der Waals surface area contributed by atoms with Crippen LogP contribution >= 0.6 is 0 Å². The highest BCUT2D eigenvalue weighted by Crippen LogP contribution is 2.39. The van der Waals surface area contributed by atoms with Crippen molar-refractivity contribution in [3.8, 4) is 0 Å². The molecule has 0 radical (unpaired) electrons. The van der Waals surface area contributed by atoms with Crippen LogP contribution in [-0.2, 0) is 20.8 Å². The fourth-order valence-electron chi connectivity index (χ4n) is 5.06. The van der Waals surface area contributed by atoms with Gasteiger partial charge in [0, 0.05) is 13.1 Å². The van der Waals surface area contributed by atoms with Crippen LogP contribution in [0, 0.1) is 11.8 Å². The summed E-state index contributed by atoms with van der Waals surface area (Å²) in [6.45, 7) is 3.95. The predicted molar refractivity (Wildman–Crippen MR) is 117 cm³/mol. The second-order valence-electron chi connectivity index (χ2n) is 9.66. The molecule has 2 aliphatic rings. The molecule has 1 saturated carbocycles. The van der Waals surface area contributed by atoms with Crippen LogP contribution in [0.5, 0.6) is 0 Å². The molecule has 1 aromatic carbocycles. The van der Waals surface area contributed by atoms with Crippen LogP contribution in [0.2, 0.25) is 0 Å². The monoisotopic (exact) mass is 474 g/mol. The zero-order chi connectivity index (χ0) is 23.7. The van der Waals surface area contributed by atoms with Crippen molar-refractivity contribution < 1.29 is 26.4 Å². The molecule has 0 bridgehead atoms. The lowest BCUT2D eigenvalue weighted by Crippen LogP contribution is -2.53. The van der Waals surface area contributed by atoms with Crippen LogP contribution in [-0.4, -0.2) is 43.1 Å². The van der Waals surface area contributed by atoms with Gasteiger partial charge < -0.3 is 10.6 Å². The van der Waals surface area contributed by atoms with Gasteiger partial charge in [0.05, 0.1) is 21.2 Å². The second-order valence-corrected chi connectivity index (χ2v) is 12.2. The van der Waals surface area contributed by atoms with Crippen LogP contribution in [0.25, 0.3) is 0 Å². The third kappa shape index (κ3) is 4.98. The number of piperidine rings is 1. The summed E-state index contributed by atoms with van der Waals surface area (Å²) in [7, 11) is -4.02. The van der Waals surface area contributed by atoms with Crippen LogP contribution in [0.15, 0.2) is 29.2 Å². The summed E-state index contributed by atoms with van der Waals surface area (Å²) in [5.74, 6) is -0.155. The number of carbonyl (C=O) groups is 1. The zero-order valence-electron chi connectivity index (χ0n) is 18.7. The van der Waals surface area contributed by atoms with E-state index >= 15 is 0 Å². The molecule has 1 heterocycles. The number of carbonyl (C=O) groups excluding carboxylic acids is 1. The third-order valence-electron chi connectivity index (χ3n) is 7.40. The van der Waals surface area contributed by atoms with Crippen molar-refractivity contribution in [2.75, 3.05) is 13.1 Å². The summed E-state index contributed by atoms with van der Waals surface area (Å²) in [5.41, 5.74) is 5.28. The van der Waals surface area contributed by atoms with Crippen molar-refractivity contribution in [2.24, 2.45) is 17.6 Å². The molecule has 180 valence electrons. The van der Waals surface area contributed by atoms with E-state index in [1.54, 1.807) is 18.7 Å². The summed E-state index contributed by atoms with van der Waals surface area (Å²) in [4.78, 5) is 14.3. The Hall–Kier alpha value is -1.61. The molecule has 1 aromatic rings. The van der Waals surface area contributed by atoms with Crippen molar-refractivity contribution in [3.05, 3.63) is 29.8 Å². The van der Waals surface area contributed by atoms with Gasteiger partial charge in [0.15, 0.2) is 9.84 Å². The molecule has 0 aromatic heterocycles. The summed E-state index contributed by atoms with van der Waals surface area (Å²) in [5, 5.41) is 0. The molecule has 1 saturated heterocycles. The minimum absolute atomic E-state index is 0.0751. The Balaban J connectivity index is 1.69. The van der Waals surface area contributed by atoms with Crippen LogP contribution in [0.4, 0.5) is 13.2 Å². The Morgan fingerprint density at radius 3 is 2.22 bits per heavy atom. The lowest BCUT2D eigenvalue weighted by molar-refractivity contribution is -0.138. The maximum atomic E-state index is 13.3. The first-order valence-electron chi connectivity index (χ1n) is 11.3. The highest BCUT2D eigenvalue weighted by molar-refractivity contribution is 7.92. The van der Waals surface area contributed by atoms with E-state index in [0.717, 1.165) is 37.8 Å². The standard InChI is InChI=1S/C23H33F3N2O3S/c1-22(2,32(30,31)19-10-6-9-18(15-19)23(24,25)26)17-11-13-28(14-12-17)21(29)20(27)16-7-4-3-5-8-16/h6,9-10,15-17,20H,3-5,7-8,11-14,27H2,1-2H3. The minimum Gasteiger partial charge on any atom is -0.341 e. The Kier molecular flexibility index (Phi) is 7.29. The number of alkyl halides is 3. The average molecular weight is 475 g/mol. The normalized spacial score (nSPS) is 20.9. The van der Waals surface area contributed by atoms with E-state index in [1.165, 1.54) is 12.5 Å². The van der Waals surface area contributed by atoms with Gasteiger partial charge >= 0.3 is 6.18 Å². The molecule has 1 amide bonds. The average Bonchev–Trinajstić information content (AvgIpc) is 2.78. The van der Waals surface area contributed by atoms with Crippen molar-refractivity contribution in [2.45, 2.75) is 80.7 Å². The SMILES string of the molecule is CC(C)(C1CCN(C(=O)C(N)C2CCCCC2)CC1)S(=O)(=O)c1cccc(C(F)(F)F)c1. The smallest absolute Gasteiger partial charge is 0.341 e. The highest BCUT2D eigenvalue weighted by Gasteiger charge is 2.45. The topological polar surface area (TPSA) is 80.5 Å². The molecule has 32 heavy (non-hydrogen) atoms. The highest BCUT2D eigenvalue weighted by atomic mass is 32.2. The number of halogens is 3. The largest absolute Gasteiger partial charge is 0.416 e.